The minimum absolute atomic E-state index is 0.159. The number of aliphatic carboxylic acids is 1. The van der Waals surface area contributed by atoms with Crippen LogP contribution < -0.4 is 0 Å². The molecule has 0 bridgehead atoms. The van der Waals surface area contributed by atoms with E-state index in [9.17, 15) is 14.7 Å². The number of aromatic hydroxyl groups is 1. The van der Waals surface area contributed by atoms with Crippen LogP contribution in [0.25, 0.3) is 0 Å². The average molecular weight is 263 g/mol. The molecule has 2 N–H and O–H groups in total. The van der Waals surface area contributed by atoms with Gasteiger partial charge in [-0.1, -0.05) is 18.2 Å². The van der Waals surface area contributed by atoms with Crippen LogP contribution in [-0.4, -0.2) is 39.6 Å². The van der Waals surface area contributed by atoms with Crippen molar-refractivity contribution in [1.82, 2.24) is 4.90 Å². The zero-order valence-electron chi connectivity index (χ0n) is 10.6. The van der Waals surface area contributed by atoms with Gasteiger partial charge < -0.3 is 15.1 Å². The van der Waals surface area contributed by atoms with Gasteiger partial charge in [-0.3, -0.25) is 4.79 Å². The highest BCUT2D eigenvalue weighted by molar-refractivity contribution is 5.84. The number of rotatable bonds is 4. The second-order valence-electron chi connectivity index (χ2n) is 4.71. The van der Waals surface area contributed by atoms with Crippen molar-refractivity contribution in [3.63, 3.8) is 0 Å². The molecule has 0 aromatic heterocycles. The van der Waals surface area contributed by atoms with Gasteiger partial charge in [0.2, 0.25) is 5.91 Å². The minimum Gasteiger partial charge on any atom is -0.508 e. The lowest BCUT2D eigenvalue weighted by molar-refractivity contribution is -0.148. The normalized spacial score (nSPS) is 18.5. The second-order valence-corrected chi connectivity index (χ2v) is 4.71. The van der Waals surface area contributed by atoms with E-state index in [1.165, 1.54) is 4.90 Å². The molecule has 1 fully saturated rings. The number of carboxylic acid groups (broad SMARTS) is 1. The Morgan fingerprint density at radius 2 is 2.05 bits per heavy atom. The SMILES string of the molecule is O=C(O)[C@H]1CCCN1C(=O)CCc1ccccc1O. The van der Waals surface area contributed by atoms with E-state index in [1.807, 2.05) is 0 Å². The van der Waals surface area contributed by atoms with Crippen molar-refractivity contribution in [2.45, 2.75) is 31.7 Å². The molecule has 19 heavy (non-hydrogen) atoms. The van der Waals surface area contributed by atoms with E-state index in [-0.39, 0.29) is 18.1 Å². The van der Waals surface area contributed by atoms with Crippen molar-refractivity contribution in [3.8, 4) is 5.75 Å². The molecule has 0 unspecified atom stereocenters. The summed E-state index contributed by atoms with van der Waals surface area (Å²) >= 11 is 0. The molecule has 1 aliphatic rings. The third kappa shape index (κ3) is 3.05. The molecule has 1 aliphatic heterocycles. The summed E-state index contributed by atoms with van der Waals surface area (Å²) in [5.74, 6) is -0.923. The van der Waals surface area contributed by atoms with Gasteiger partial charge in [0, 0.05) is 13.0 Å². The Hall–Kier alpha value is -2.04. The lowest BCUT2D eigenvalue weighted by Crippen LogP contribution is -2.40. The van der Waals surface area contributed by atoms with Gasteiger partial charge >= 0.3 is 5.97 Å². The van der Waals surface area contributed by atoms with Gasteiger partial charge in [-0.2, -0.15) is 0 Å². The zero-order valence-corrected chi connectivity index (χ0v) is 10.6. The number of benzene rings is 1. The van der Waals surface area contributed by atoms with Crippen LogP contribution in [-0.2, 0) is 16.0 Å². The summed E-state index contributed by atoms with van der Waals surface area (Å²) in [7, 11) is 0. The summed E-state index contributed by atoms with van der Waals surface area (Å²) in [6.07, 6.45) is 1.91. The third-order valence-corrected chi connectivity index (χ3v) is 3.46. The van der Waals surface area contributed by atoms with Gasteiger partial charge in [0.05, 0.1) is 0 Å². The second kappa shape index (κ2) is 5.73. The standard InChI is InChI=1S/C14H17NO4/c16-12-6-2-1-4-10(12)7-8-13(17)15-9-3-5-11(15)14(18)19/h1-2,4,6,11,16H,3,5,7-9H2,(H,18,19)/t11-/m1/s1. The van der Waals surface area contributed by atoms with Gasteiger partial charge in [0.1, 0.15) is 11.8 Å². The van der Waals surface area contributed by atoms with Crippen LogP contribution in [0.5, 0.6) is 5.75 Å². The number of phenolic OH excluding ortho intramolecular Hbond substituents is 1. The van der Waals surface area contributed by atoms with Gasteiger partial charge in [-0.15, -0.1) is 0 Å². The van der Waals surface area contributed by atoms with Crippen molar-refractivity contribution >= 4 is 11.9 Å². The van der Waals surface area contributed by atoms with E-state index < -0.39 is 12.0 Å². The highest BCUT2D eigenvalue weighted by Gasteiger charge is 2.33. The van der Waals surface area contributed by atoms with Crippen molar-refractivity contribution in [2.24, 2.45) is 0 Å². The molecule has 1 heterocycles. The van der Waals surface area contributed by atoms with E-state index in [2.05, 4.69) is 0 Å². The smallest absolute Gasteiger partial charge is 0.326 e. The molecule has 1 aromatic carbocycles. The highest BCUT2D eigenvalue weighted by Crippen LogP contribution is 2.21. The molecule has 0 spiro atoms. The van der Waals surface area contributed by atoms with E-state index in [0.29, 0.717) is 24.9 Å². The van der Waals surface area contributed by atoms with E-state index in [0.717, 1.165) is 6.42 Å². The van der Waals surface area contributed by atoms with Crippen LogP contribution in [0.3, 0.4) is 0 Å². The molecule has 1 amide bonds. The first-order chi connectivity index (χ1) is 9.09. The van der Waals surface area contributed by atoms with Crippen LogP contribution in [0, 0.1) is 0 Å². The molecular formula is C14H17NO4. The summed E-state index contributed by atoms with van der Waals surface area (Å²) in [6.45, 7) is 0.510. The van der Waals surface area contributed by atoms with Gasteiger partial charge in [-0.05, 0) is 30.9 Å². The first-order valence-corrected chi connectivity index (χ1v) is 6.38. The minimum atomic E-state index is -0.937. The Morgan fingerprint density at radius 1 is 1.32 bits per heavy atom. The highest BCUT2D eigenvalue weighted by atomic mass is 16.4. The quantitative estimate of drug-likeness (QED) is 0.860. The van der Waals surface area contributed by atoms with Crippen molar-refractivity contribution < 1.29 is 19.8 Å². The first-order valence-electron chi connectivity index (χ1n) is 6.38. The Balaban J connectivity index is 1.95. The lowest BCUT2D eigenvalue weighted by Gasteiger charge is -2.21. The fraction of sp³-hybridized carbons (Fsp3) is 0.429. The molecule has 1 aromatic rings. The molecular weight excluding hydrogens is 246 g/mol. The van der Waals surface area contributed by atoms with Crippen LogP contribution in [0.15, 0.2) is 24.3 Å². The van der Waals surface area contributed by atoms with E-state index in [4.69, 9.17) is 5.11 Å². The average Bonchev–Trinajstić information content (AvgIpc) is 2.87. The maximum absolute atomic E-state index is 12.0. The number of phenols is 1. The largest absolute Gasteiger partial charge is 0.508 e. The molecule has 2 rings (SSSR count). The number of likely N-dealkylation sites (tertiary alicyclic amines) is 1. The number of nitrogens with zero attached hydrogens (tertiary/aromatic N) is 1. The number of carboxylic acids is 1. The van der Waals surface area contributed by atoms with Crippen LogP contribution >= 0.6 is 0 Å². The molecule has 1 saturated heterocycles. The number of carbonyl (C=O) groups is 2. The molecule has 0 aliphatic carbocycles. The summed E-state index contributed by atoms with van der Waals surface area (Å²) in [6, 6.07) is 6.19. The lowest BCUT2D eigenvalue weighted by atomic mass is 10.1. The first kappa shape index (κ1) is 13.4. The number of hydrogen-bond donors (Lipinski definition) is 2. The van der Waals surface area contributed by atoms with Crippen molar-refractivity contribution in [1.29, 1.82) is 0 Å². The fourth-order valence-electron chi connectivity index (χ4n) is 2.43. The topological polar surface area (TPSA) is 77.8 Å². The Kier molecular flexibility index (Phi) is 4.04. The Labute approximate surface area is 111 Å². The predicted octanol–water partition coefficient (Wildman–Crippen LogP) is 1.40. The van der Waals surface area contributed by atoms with Gasteiger partial charge in [-0.25, -0.2) is 4.79 Å². The third-order valence-electron chi connectivity index (χ3n) is 3.46. The molecule has 0 radical (unpaired) electrons. The number of carbonyl (C=O) groups excluding carboxylic acids is 1. The monoisotopic (exact) mass is 263 g/mol. The maximum atomic E-state index is 12.0. The predicted molar refractivity (Wildman–Crippen MR) is 68.8 cm³/mol. The van der Waals surface area contributed by atoms with Gasteiger partial charge in [0.15, 0.2) is 0 Å². The number of aryl methyl sites for hydroxylation is 1. The van der Waals surface area contributed by atoms with E-state index in [1.54, 1.807) is 24.3 Å². The number of hydrogen-bond acceptors (Lipinski definition) is 3. The van der Waals surface area contributed by atoms with Gasteiger partial charge in [0.25, 0.3) is 0 Å². The fourth-order valence-corrected chi connectivity index (χ4v) is 2.43. The summed E-state index contributed by atoms with van der Waals surface area (Å²) in [5, 5.41) is 18.6. The molecule has 5 nitrogen and oxygen atoms in total. The van der Waals surface area contributed by atoms with E-state index >= 15 is 0 Å². The maximum Gasteiger partial charge on any atom is 0.326 e. The summed E-state index contributed by atoms with van der Waals surface area (Å²) in [5.41, 5.74) is 0.710. The molecule has 102 valence electrons. The van der Waals surface area contributed by atoms with Crippen molar-refractivity contribution in [2.75, 3.05) is 6.54 Å². The summed E-state index contributed by atoms with van der Waals surface area (Å²) in [4.78, 5) is 24.5. The van der Waals surface area contributed by atoms with Crippen molar-refractivity contribution in [3.05, 3.63) is 29.8 Å². The Morgan fingerprint density at radius 3 is 2.74 bits per heavy atom. The zero-order chi connectivity index (χ0) is 13.8. The molecule has 5 heteroatoms. The van der Waals surface area contributed by atoms with Crippen LogP contribution in [0.2, 0.25) is 0 Å². The number of para-hydroxylation sites is 1. The van der Waals surface area contributed by atoms with Crippen LogP contribution in [0.4, 0.5) is 0 Å². The summed E-state index contributed by atoms with van der Waals surface area (Å²) < 4.78 is 0. The molecule has 1 atom stereocenters. The molecule has 0 saturated carbocycles. The number of amides is 1. The van der Waals surface area contributed by atoms with Crippen LogP contribution in [0.1, 0.15) is 24.8 Å². The Bertz CT molecular complexity index is 486.